The number of aromatic nitrogens is 2. The van der Waals surface area contributed by atoms with Crippen molar-refractivity contribution in [2.45, 2.75) is 26.4 Å². The number of rotatable bonds is 4. The minimum Gasteiger partial charge on any atom is -0.353 e. The predicted octanol–water partition coefficient (Wildman–Crippen LogP) is 0.348. The van der Waals surface area contributed by atoms with Gasteiger partial charge in [0.25, 0.3) is 0 Å². The van der Waals surface area contributed by atoms with E-state index in [4.69, 9.17) is 0 Å². The molecule has 8 heteroatoms. The Labute approximate surface area is 135 Å². The molecule has 1 amide bonds. The molecule has 0 bridgehead atoms. The summed E-state index contributed by atoms with van der Waals surface area (Å²) in [5, 5.41) is 5.83. The van der Waals surface area contributed by atoms with Crippen LogP contribution in [0.3, 0.4) is 0 Å². The summed E-state index contributed by atoms with van der Waals surface area (Å²) in [6.45, 7) is 5.22. The summed E-state index contributed by atoms with van der Waals surface area (Å²) in [5.74, 6) is -0.0699. The van der Waals surface area contributed by atoms with Crippen LogP contribution in [0.15, 0.2) is 23.0 Å². The summed E-state index contributed by atoms with van der Waals surface area (Å²) in [6, 6.07) is 1.60. The zero-order chi connectivity index (χ0) is 13.8. The lowest BCUT2D eigenvalue weighted by Gasteiger charge is -2.12. The van der Waals surface area contributed by atoms with Gasteiger partial charge in [-0.05, 0) is 19.9 Å². The second-order valence-corrected chi connectivity index (χ2v) is 4.58. The summed E-state index contributed by atoms with van der Waals surface area (Å²) in [5.41, 5.74) is 1.29. The highest BCUT2D eigenvalue weighted by molar-refractivity contribution is 5.85. The maximum absolute atomic E-state index is 11.7. The van der Waals surface area contributed by atoms with Crippen LogP contribution in [0.4, 0.5) is 0 Å². The molecule has 6 nitrogen and oxygen atoms in total. The highest BCUT2D eigenvalue weighted by Gasteiger charge is 2.16. The first kappa shape index (κ1) is 19.6. The largest absolute Gasteiger partial charge is 0.353 e. The van der Waals surface area contributed by atoms with Crippen molar-refractivity contribution in [1.29, 1.82) is 0 Å². The van der Waals surface area contributed by atoms with Crippen molar-refractivity contribution in [2.75, 3.05) is 13.1 Å². The van der Waals surface area contributed by atoms with Gasteiger partial charge < -0.3 is 5.32 Å². The molecule has 1 aromatic rings. The van der Waals surface area contributed by atoms with E-state index >= 15 is 0 Å². The second kappa shape index (κ2) is 8.81. The zero-order valence-electron chi connectivity index (χ0n) is 12.0. The van der Waals surface area contributed by atoms with Gasteiger partial charge in [-0.3, -0.25) is 14.7 Å². The normalized spacial score (nSPS) is 16.0. The lowest BCUT2D eigenvalue weighted by molar-refractivity contribution is -0.121. The number of hydrogen-bond acceptors (Lipinski definition) is 4. The maximum Gasteiger partial charge on any atom is 0.348 e. The molecule has 1 atom stereocenters. The summed E-state index contributed by atoms with van der Waals surface area (Å²) >= 11 is 0. The van der Waals surface area contributed by atoms with E-state index in [0.29, 0.717) is 18.8 Å². The van der Waals surface area contributed by atoms with Crippen LogP contribution in [0.25, 0.3) is 0 Å². The monoisotopic (exact) mass is 334 g/mol. The van der Waals surface area contributed by atoms with Crippen molar-refractivity contribution in [2.24, 2.45) is 0 Å². The molecular weight excluding hydrogens is 315 g/mol. The first-order valence-corrected chi connectivity index (χ1v) is 6.31. The van der Waals surface area contributed by atoms with Gasteiger partial charge in [-0.25, -0.2) is 4.79 Å². The van der Waals surface area contributed by atoms with Crippen LogP contribution in [0, 0.1) is 13.8 Å². The van der Waals surface area contributed by atoms with Crippen molar-refractivity contribution >= 4 is 30.7 Å². The molecule has 1 aliphatic heterocycles. The van der Waals surface area contributed by atoms with Crippen LogP contribution in [-0.2, 0) is 11.3 Å². The average Bonchev–Trinajstić information content (AvgIpc) is 2.85. The number of halogens is 2. The van der Waals surface area contributed by atoms with Crippen LogP contribution < -0.4 is 16.3 Å². The lowest BCUT2D eigenvalue weighted by atomic mass is 10.3. The molecule has 1 unspecified atom stereocenters. The molecule has 2 rings (SSSR count). The third-order valence-electron chi connectivity index (χ3n) is 3.05. The van der Waals surface area contributed by atoms with Crippen LogP contribution in [0.5, 0.6) is 0 Å². The SMILES string of the molecule is Cc1cc(C)n(CCNC(=O)C2C=CCN2)c(=O)n1.Cl.Cl. The molecular formula is C13H20Cl2N4O2. The van der Waals surface area contributed by atoms with E-state index in [9.17, 15) is 9.59 Å². The van der Waals surface area contributed by atoms with Gasteiger partial charge in [-0.2, -0.15) is 4.98 Å². The van der Waals surface area contributed by atoms with E-state index in [2.05, 4.69) is 15.6 Å². The highest BCUT2D eigenvalue weighted by Crippen LogP contribution is 1.97. The molecule has 0 saturated carbocycles. The first-order chi connectivity index (χ1) is 9.08. The molecule has 0 fully saturated rings. The Balaban J connectivity index is 0.00000200. The van der Waals surface area contributed by atoms with Crippen molar-refractivity contribution in [3.63, 3.8) is 0 Å². The molecule has 0 aliphatic carbocycles. The van der Waals surface area contributed by atoms with Crippen LogP contribution in [-0.4, -0.2) is 34.6 Å². The third kappa shape index (κ3) is 5.15. The second-order valence-electron chi connectivity index (χ2n) is 4.58. The zero-order valence-corrected chi connectivity index (χ0v) is 13.6. The Morgan fingerprint density at radius 2 is 2.19 bits per heavy atom. The lowest BCUT2D eigenvalue weighted by Crippen LogP contribution is -2.42. The number of carbonyl (C=O) groups excluding carboxylic acids is 1. The van der Waals surface area contributed by atoms with Crippen molar-refractivity contribution in [3.05, 3.63) is 40.1 Å². The van der Waals surface area contributed by atoms with Crippen LogP contribution in [0.2, 0.25) is 0 Å². The summed E-state index contributed by atoms with van der Waals surface area (Å²) in [7, 11) is 0. The van der Waals surface area contributed by atoms with E-state index in [1.54, 1.807) is 11.5 Å². The molecule has 2 N–H and O–H groups in total. The fourth-order valence-electron chi connectivity index (χ4n) is 2.09. The van der Waals surface area contributed by atoms with E-state index < -0.39 is 0 Å². The van der Waals surface area contributed by atoms with Gasteiger partial charge in [0.05, 0.1) is 0 Å². The number of aryl methyl sites for hydroxylation is 2. The molecule has 0 spiro atoms. The fourth-order valence-corrected chi connectivity index (χ4v) is 2.09. The number of nitrogens with one attached hydrogen (secondary N) is 2. The van der Waals surface area contributed by atoms with Gasteiger partial charge in [-0.1, -0.05) is 12.2 Å². The van der Waals surface area contributed by atoms with E-state index in [1.807, 2.05) is 25.1 Å². The molecule has 0 aromatic carbocycles. The molecule has 1 aliphatic rings. The van der Waals surface area contributed by atoms with Crippen LogP contribution >= 0.6 is 24.8 Å². The highest BCUT2D eigenvalue weighted by atomic mass is 35.5. The molecule has 1 aromatic heterocycles. The van der Waals surface area contributed by atoms with Gasteiger partial charge in [0.15, 0.2) is 0 Å². The molecule has 2 heterocycles. The number of nitrogens with zero attached hydrogens (tertiary/aromatic N) is 2. The minimum absolute atomic E-state index is 0. The average molecular weight is 335 g/mol. The van der Waals surface area contributed by atoms with Gasteiger partial charge in [0, 0.05) is 31.0 Å². The third-order valence-corrected chi connectivity index (χ3v) is 3.05. The number of carbonyl (C=O) groups is 1. The van der Waals surface area contributed by atoms with Gasteiger partial charge in [-0.15, -0.1) is 24.8 Å². The molecule has 21 heavy (non-hydrogen) atoms. The topological polar surface area (TPSA) is 76.0 Å². The van der Waals surface area contributed by atoms with Gasteiger partial charge >= 0.3 is 5.69 Å². The standard InChI is InChI=1S/C13H18N4O2.2ClH/c1-9-8-10(2)17(13(19)16-9)7-6-15-12(18)11-4-3-5-14-11;;/h3-4,8,11,14H,5-7H2,1-2H3,(H,15,18);2*1H. The number of hydrogen-bond donors (Lipinski definition) is 2. The summed E-state index contributed by atoms with van der Waals surface area (Å²) in [6.07, 6.45) is 3.75. The van der Waals surface area contributed by atoms with E-state index in [1.165, 1.54) is 0 Å². The summed E-state index contributed by atoms with van der Waals surface area (Å²) in [4.78, 5) is 27.3. The molecule has 0 radical (unpaired) electrons. The van der Waals surface area contributed by atoms with Gasteiger partial charge in [0.2, 0.25) is 5.91 Å². The van der Waals surface area contributed by atoms with Crippen LogP contribution in [0.1, 0.15) is 11.4 Å². The van der Waals surface area contributed by atoms with E-state index in [0.717, 1.165) is 12.2 Å². The minimum atomic E-state index is -0.273. The van der Waals surface area contributed by atoms with Crippen molar-refractivity contribution < 1.29 is 4.79 Å². The molecule has 0 saturated heterocycles. The van der Waals surface area contributed by atoms with Crippen molar-refractivity contribution in [1.82, 2.24) is 20.2 Å². The quantitative estimate of drug-likeness (QED) is 0.779. The Hall–Kier alpha value is -1.37. The molecule has 118 valence electrons. The first-order valence-electron chi connectivity index (χ1n) is 6.31. The summed E-state index contributed by atoms with van der Waals surface area (Å²) < 4.78 is 1.56. The Bertz CT molecular complexity index is 572. The predicted molar refractivity (Wildman–Crippen MR) is 86.4 cm³/mol. The Kier molecular flexibility index (Phi) is 8.24. The number of amides is 1. The maximum atomic E-state index is 11.7. The van der Waals surface area contributed by atoms with E-state index in [-0.39, 0.29) is 42.5 Å². The Morgan fingerprint density at radius 1 is 1.48 bits per heavy atom. The van der Waals surface area contributed by atoms with Crippen molar-refractivity contribution in [3.8, 4) is 0 Å². The smallest absolute Gasteiger partial charge is 0.348 e. The van der Waals surface area contributed by atoms with Gasteiger partial charge in [0.1, 0.15) is 6.04 Å². The fraction of sp³-hybridized carbons (Fsp3) is 0.462. The Morgan fingerprint density at radius 3 is 2.76 bits per heavy atom.